The summed E-state index contributed by atoms with van der Waals surface area (Å²) in [6.07, 6.45) is 8.82. The van der Waals surface area contributed by atoms with Crippen molar-refractivity contribution in [3.05, 3.63) is 126 Å². The van der Waals surface area contributed by atoms with E-state index in [9.17, 15) is 0 Å². The molecule has 0 saturated heterocycles. The summed E-state index contributed by atoms with van der Waals surface area (Å²) in [6.45, 7) is 0. The molecular formula is C34H29Cl2FN2. The molecule has 5 aromatic carbocycles. The second kappa shape index (κ2) is 11.2. The first-order valence-electron chi connectivity index (χ1n) is 13.1. The summed E-state index contributed by atoms with van der Waals surface area (Å²) >= 11 is 0. The fourth-order valence-corrected chi connectivity index (χ4v) is 6.11. The molecule has 0 fully saturated rings. The van der Waals surface area contributed by atoms with Crippen molar-refractivity contribution in [2.45, 2.75) is 32.1 Å². The van der Waals surface area contributed by atoms with Crippen molar-refractivity contribution in [1.82, 2.24) is 4.98 Å². The van der Waals surface area contributed by atoms with E-state index in [0.717, 1.165) is 50.6 Å². The van der Waals surface area contributed by atoms with Gasteiger partial charge in [-0.1, -0.05) is 77.3 Å². The van der Waals surface area contributed by atoms with Crippen LogP contribution in [-0.2, 0) is 19.3 Å². The number of hydrogen-bond donors (Lipinski definition) is 0. The molecule has 1 heterocycles. The lowest BCUT2D eigenvalue weighted by molar-refractivity contribution is 0.506. The van der Waals surface area contributed by atoms with Crippen molar-refractivity contribution in [1.29, 1.82) is 0 Å². The first-order chi connectivity index (χ1) is 18.3. The standard InChI is InChI=1S/C34H27FN2.2ClH/c35-37(33-18-16-25-10-2-4-12-27(25)32(33)20-23-8-7-19-36-22-23)34-21-31-26-11-3-1-9-24(26)15-17-29(31)28-13-5-6-14-30(28)34;;/h2,4-8,10,12-19,21-22H,1,3,9,11,20H2;2*1H. The maximum Gasteiger partial charge on any atom is 0.0831 e. The van der Waals surface area contributed by atoms with Gasteiger partial charge in [-0.15, -0.1) is 24.8 Å². The lowest BCUT2D eigenvalue weighted by Crippen LogP contribution is -2.09. The van der Waals surface area contributed by atoms with E-state index in [1.54, 1.807) is 6.20 Å². The number of benzene rings is 5. The molecular weight excluding hydrogens is 526 g/mol. The lowest BCUT2D eigenvalue weighted by Gasteiger charge is -2.24. The number of halogens is 3. The minimum Gasteiger partial charge on any atom is -0.264 e. The molecule has 39 heavy (non-hydrogen) atoms. The van der Waals surface area contributed by atoms with Crippen LogP contribution < -0.4 is 5.12 Å². The van der Waals surface area contributed by atoms with Gasteiger partial charge in [0.25, 0.3) is 0 Å². The number of pyridine rings is 1. The van der Waals surface area contributed by atoms with Crippen LogP contribution in [0, 0.1) is 0 Å². The Bertz CT molecular complexity index is 1790. The first-order valence-corrected chi connectivity index (χ1v) is 13.1. The van der Waals surface area contributed by atoms with Crippen LogP contribution in [0.3, 0.4) is 0 Å². The van der Waals surface area contributed by atoms with Crippen LogP contribution >= 0.6 is 24.8 Å². The van der Waals surface area contributed by atoms with Gasteiger partial charge in [0.1, 0.15) is 0 Å². The van der Waals surface area contributed by atoms with Crippen LogP contribution in [-0.4, -0.2) is 4.98 Å². The Labute approximate surface area is 240 Å². The van der Waals surface area contributed by atoms with E-state index in [-0.39, 0.29) is 24.8 Å². The van der Waals surface area contributed by atoms with E-state index in [4.69, 9.17) is 0 Å². The Hall–Kier alpha value is -3.66. The van der Waals surface area contributed by atoms with Gasteiger partial charge < -0.3 is 0 Å². The van der Waals surface area contributed by atoms with Gasteiger partial charge in [-0.2, -0.15) is 5.12 Å². The van der Waals surface area contributed by atoms with Crippen LogP contribution in [0.5, 0.6) is 0 Å². The molecule has 2 nitrogen and oxygen atoms in total. The number of aryl methyl sites for hydroxylation is 2. The maximum atomic E-state index is 16.9. The highest BCUT2D eigenvalue weighted by Crippen LogP contribution is 2.43. The smallest absolute Gasteiger partial charge is 0.0831 e. The van der Waals surface area contributed by atoms with Gasteiger partial charge in [0, 0.05) is 24.2 Å². The Kier molecular flexibility index (Phi) is 7.74. The Morgan fingerprint density at radius 1 is 0.667 bits per heavy atom. The molecule has 0 unspecified atom stereocenters. The monoisotopic (exact) mass is 554 g/mol. The average Bonchev–Trinajstić information content (AvgIpc) is 2.97. The van der Waals surface area contributed by atoms with Gasteiger partial charge in [-0.3, -0.25) is 4.98 Å². The van der Waals surface area contributed by atoms with Gasteiger partial charge in [0.05, 0.1) is 11.4 Å². The number of anilines is 2. The minimum absolute atomic E-state index is 0. The normalized spacial score (nSPS) is 12.5. The molecule has 1 aliphatic carbocycles. The molecule has 7 rings (SSSR count). The van der Waals surface area contributed by atoms with Crippen molar-refractivity contribution in [3.63, 3.8) is 0 Å². The van der Waals surface area contributed by atoms with Crippen LogP contribution in [0.2, 0.25) is 0 Å². The van der Waals surface area contributed by atoms with Crippen LogP contribution in [0.1, 0.15) is 35.1 Å². The molecule has 0 radical (unpaired) electrons. The highest BCUT2D eigenvalue weighted by atomic mass is 35.5. The lowest BCUT2D eigenvalue weighted by atomic mass is 9.86. The SMILES string of the molecule is Cl.Cl.FN(c1ccc2ccccc2c1Cc1cccnc1)c1cc2c3c(ccc2c2ccccc12)CCCC3. The molecule has 196 valence electrons. The second-order valence-corrected chi connectivity index (χ2v) is 10.1. The molecule has 0 bridgehead atoms. The summed E-state index contributed by atoms with van der Waals surface area (Å²) < 4.78 is 16.9. The number of rotatable bonds is 4. The van der Waals surface area contributed by atoms with E-state index < -0.39 is 0 Å². The molecule has 0 saturated carbocycles. The summed E-state index contributed by atoms with van der Waals surface area (Å²) in [5, 5.41) is 7.51. The van der Waals surface area contributed by atoms with Gasteiger partial charge in [-0.25, -0.2) is 0 Å². The summed E-state index contributed by atoms with van der Waals surface area (Å²) in [5.74, 6) is 0. The molecule has 6 aromatic rings. The highest BCUT2D eigenvalue weighted by Gasteiger charge is 2.21. The number of aromatic nitrogens is 1. The van der Waals surface area contributed by atoms with Gasteiger partial charge in [0.2, 0.25) is 0 Å². The van der Waals surface area contributed by atoms with E-state index in [0.29, 0.717) is 17.8 Å². The molecule has 0 N–H and O–H groups in total. The van der Waals surface area contributed by atoms with Crippen LogP contribution in [0.4, 0.5) is 15.9 Å². The summed E-state index contributed by atoms with van der Waals surface area (Å²) in [7, 11) is 0. The molecule has 1 aromatic heterocycles. The summed E-state index contributed by atoms with van der Waals surface area (Å²) in [5.41, 5.74) is 6.01. The topological polar surface area (TPSA) is 16.1 Å². The molecule has 1 aliphatic rings. The van der Waals surface area contributed by atoms with Crippen LogP contribution in [0.25, 0.3) is 32.3 Å². The van der Waals surface area contributed by atoms with Crippen molar-refractivity contribution in [2.24, 2.45) is 0 Å². The molecule has 0 spiro atoms. The van der Waals surface area contributed by atoms with Gasteiger partial charge in [0.15, 0.2) is 0 Å². The zero-order chi connectivity index (χ0) is 24.8. The molecule has 5 heteroatoms. The van der Waals surface area contributed by atoms with Crippen molar-refractivity contribution < 1.29 is 4.48 Å². The summed E-state index contributed by atoms with van der Waals surface area (Å²) in [6, 6.07) is 31.0. The van der Waals surface area contributed by atoms with E-state index in [1.165, 1.54) is 34.7 Å². The predicted octanol–water partition coefficient (Wildman–Crippen LogP) is 9.88. The first kappa shape index (κ1) is 26.9. The number of nitrogens with zero attached hydrogens (tertiary/aromatic N) is 2. The van der Waals surface area contributed by atoms with Crippen molar-refractivity contribution >= 4 is 68.5 Å². The third-order valence-corrected chi connectivity index (χ3v) is 7.89. The molecule has 0 amide bonds. The second-order valence-electron chi connectivity index (χ2n) is 10.1. The van der Waals surface area contributed by atoms with E-state index in [1.807, 2.05) is 48.7 Å². The minimum atomic E-state index is 0. The Morgan fingerprint density at radius 2 is 1.41 bits per heavy atom. The highest BCUT2D eigenvalue weighted by molar-refractivity contribution is 6.14. The Morgan fingerprint density at radius 3 is 2.23 bits per heavy atom. The van der Waals surface area contributed by atoms with E-state index in [2.05, 4.69) is 53.5 Å². The largest absolute Gasteiger partial charge is 0.264 e. The predicted molar refractivity (Wildman–Crippen MR) is 167 cm³/mol. The zero-order valence-corrected chi connectivity index (χ0v) is 23.1. The Balaban J connectivity index is 0.00000154. The van der Waals surface area contributed by atoms with Crippen molar-refractivity contribution in [3.8, 4) is 0 Å². The average molecular weight is 556 g/mol. The van der Waals surface area contributed by atoms with Crippen molar-refractivity contribution in [2.75, 3.05) is 5.12 Å². The number of fused-ring (bicyclic) bond motifs is 6. The quantitative estimate of drug-likeness (QED) is 0.159. The third-order valence-electron chi connectivity index (χ3n) is 7.89. The summed E-state index contributed by atoms with van der Waals surface area (Å²) in [4.78, 5) is 4.30. The maximum absolute atomic E-state index is 16.9. The van der Waals surface area contributed by atoms with Crippen LogP contribution in [0.15, 0.2) is 103 Å². The molecule has 0 aliphatic heterocycles. The fourth-order valence-electron chi connectivity index (χ4n) is 6.11. The molecule has 0 atom stereocenters. The van der Waals surface area contributed by atoms with Gasteiger partial charge >= 0.3 is 0 Å². The van der Waals surface area contributed by atoms with Gasteiger partial charge in [-0.05, 0) is 93.1 Å². The third kappa shape index (κ3) is 4.71. The van der Waals surface area contributed by atoms with E-state index >= 15 is 4.48 Å². The fraction of sp³-hybridized carbons (Fsp3) is 0.147. The zero-order valence-electron chi connectivity index (χ0n) is 21.4. The number of hydrogen-bond acceptors (Lipinski definition) is 2.